The first kappa shape index (κ1) is 46.7. The molecule has 1 atom stereocenters. The maximum atomic E-state index is 15.9. The van der Waals surface area contributed by atoms with Crippen molar-refractivity contribution in [3.05, 3.63) is 114 Å². The minimum absolute atomic E-state index is 0.0593. The lowest BCUT2D eigenvalue weighted by Gasteiger charge is -2.31. The quantitative estimate of drug-likeness (QED) is 0.0701. The number of esters is 1. The zero-order chi connectivity index (χ0) is 46.9. The summed E-state index contributed by atoms with van der Waals surface area (Å²) in [5.74, 6) is -4.96. The van der Waals surface area contributed by atoms with Crippen LogP contribution in [0.5, 0.6) is 11.5 Å². The van der Waals surface area contributed by atoms with E-state index in [0.717, 1.165) is 15.5 Å². The van der Waals surface area contributed by atoms with Gasteiger partial charge < -0.3 is 30.7 Å². The van der Waals surface area contributed by atoms with Crippen LogP contribution < -0.4 is 21.8 Å². The molecule has 1 amide bonds. The summed E-state index contributed by atoms with van der Waals surface area (Å²) in [4.78, 5) is 58.6. The van der Waals surface area contributed by atoms with E-state index in [2.05, 4.69) is 25.8 Å². The molecular formula is C44H45F3IN9O8. The summed E-state index contributed by atoms with van der Waals surface area (Å²) in [6, 6.07) is 11.2. The number of hydrogen-bond acceptors (Lipinski definition) is 13. The minimum atomic E-state index is -1.39. The number of piperidine rings is 1. The predicted octanol–water partition coefficient (Wildman–Crippen LogP) is 5.21. The summed E-state index contributed by atoms with van der Waals surface area (Å²) in [6.07, 6.45) is 0.423. The van der Waals surface area contributed by atoms with Crippen molar-refractivity contribution in [2.75, 3.05) is 31.6 Å². The maximum Gasteiger partial charge on any atom is 0.309 e. The van der Waals surface area contributed by atoms with Crippen LogP contribution >= 0.6 is 22.6 Å². The van der Waals surface area contributed by atoms with Crippen molar-refractivity contribution in [1.82, 2.24) is 39.1 Å². The molecule has 0 saturated carbocycles. The van der Waals surface area contributed by atoms with E-state index >= 15 is 8.78 Å². The van der Waals surface area contributed by atoms with Crippen LogP contribution in [-0.2, 0) is 29.7 Å². The molecule has 21 heteroatoms. The molecule has 1 saturated heterocycles. The van der Waals surface area contributed by atoms with Gasteiger partial charge in [0.15, 0.2) is 11.5 Å². The van der Waals surface area contributed by atoms with Crippen LogP contribution in [0.1, 0.15) is 61.3 Å². The fraction of sp³-hybridized carbons (Fsp3) is 0.341. The Morgan fingerprint density at radius 2 is 1.71 bits per heavy atom. The van der Waals surface area contributed by atoms with Gasteiger partial charge in [0, 0.05) is 35.3 Å². The average Bonchev–Trinajstić information content (AvgIpc) is 3.71. The predicted molar refractivity (Wildman–Crippen MR) is 241 cm³/mol. The Kier molecular flexibility index (Phi) is 13.9. The monoisotopic (exact) mass is 1010 g/mol. The summed E-state index contributed by atoms with van der Waals surface area (Å²) >= 11 is 1.90. The summed E-state index contributed by atoms with van der Waals surface area (Å²) in [7, 11) is 1.23. The van der Waals surface area contributed by atoms with Gasteiger partial charge in [0.05, 0.1) is 35.1 Å². The van der Waals surface area contributed by atoms with Crippen LogP contribution in [0.15, 0.2) is 64.4 Å². The van der Waals surface area contributed by atoms with Gasteiger partial charge in [0.2, 0.25) is 11.6 Å². The van der Waals surface area contributed by atoms with Crippen molar-refractivity contribution in [3.63, 3.8) is 0 Å². The molecule has 0 bridgehead atoms. The molecule has 1 unspecified atom stereocenters. The number of carbonyl (C=O) groups is 2. The third kappa shape index (κ3) is 9.71. The number of aromatic hydroxyl groups is 2. The number of anilines is 2. The van der Waals surface area contributed by atoms with Crippen LogP contribution in [0.3, 0.4) is 0 Å². The second kappa shape index (κ2) is 19.4. The lowest BCUT2D eigenvalue weighted by atomic mass is 9.96. The highest BCUT2D eigenvalue weighted by atomic mass is 127. The summed E-state index contributed by atoms with van der Waals surface area (Å²) < 4.78 is 55.1. The smallest absolute Gasteiger partial charge is 0.309 e. The van der Waals surface area contributed by atoms with Crippen molar-refractivity contribution >= 4 is 56.9 Å². The number of rotatable bonds is 14. The number of amides is 1. The number of nitrogens with one attached hydrogen (secondary N) is 2. The van der Waals surface area contributed by atoms with Gasteiger partial charge in [-0.05, 0) is 103 Å². The number of ether oxygens (including phenoxy) is 1. The van der Waals surface area contributed by atoms with Gasteiger partial charge >= 0.3 is 5.97 Å². The first-order chi connectivity index (χ1) is 31.0. The summed E-state index contributed by atoms with van der Waals surface area (Å²) in [6.45, 7) is 5.87. The van der Waals surface area contributed by atoms with E-state index in [1.807, 2.05) is 41.3 Å². The second-order valence-corrected chi connectivity index (χ2v) is 17.2. The lowest BCUT2D eigenvalue weighted by Crippen LogP contribution is -2.38. The highest BCUT2D eigenvalue weighted by molar-refractivity contribution is 14.1. The molecule has 0 aliphatic carbocycles. The summed E-state index contributed by atoms with van der Waals surface area (Å²) in [5, 5.41) is 45.2. The molecule has 3 aromatic carbocycles. The Balaban J connectivity index is 0.988. The second-order valence-electron chi connectivity index (χ2n) is 15.9. The number of nitrogens with zero attached hydrogens (tertiary/aromatic N) is 7. The molecule has 3 aromatic heterocycles. The number of aryl methyl sites for hydroxylation is 1. The lowest BCUT2D eigenvalue weighted by molar-refractivity contribution is -0.153. The van der Waals surface area contributed by atoms with Gasteiger partial charge in [-0.15, -0.1) is 10.2 Å². The SMILES string of the molecule is CCNC(=O)c1nnc(-c2cc(C(C)C)c(O)cc2O)n1-c1ccc(CN2CCC(C(=O)OCC(O)Cn3cnc4c(c(Nc5ccc(I)cc5F)c(F)c(=O)n4C)c3=O)CC2)c(F)c1. The molecule has 17 nitrogen and oxygen atoms in total. The van der Waals surface area contributed by atoms with Crippen molar-refractivity contribution in [1.29, 1.82) is 0 Å². The molecule has 65 heavy (non-hydrogen) atoms. The van der Waals surface area contributed by atoms with E-state index in [0.29, 0.717) is 40.6 Å². The number of benzene rings is 3. The molecule has 1 aliphatic rings. The third-order valence-electron chi connectivity index (χ3n) is 11.1. The number of fused-ring (bicyclic) bond motifs is 1. The van der Waals surface area contributed by atoms with Crippen LogP contribution in [0.2, 0.25) is 0 Å². The van der Waals surface area contributed by atoms with Crippen molar-refractivity contribution in [3.8, 4) is 28.6 Å². The number of aliphatic hydroxyl groups is 1. The van der Waals surface area contributed by atoms with Gasteiger partial charge in [-0.25, -0.2) is 13.8 Å². The molecule has 0 radical (unpaired) electrons. The first-order valence-electron chi connectivity index (χ1n) is 20.6. The fourth-order valence-electron chi connectivity index (χ4n) is 7.66. The number of likely N-dealkylation sites (tertiary alicyclic amines) is 1. The number of pyridine rings is 1. The molecule has 1 fully saturated rings. The van der Waals surface area contributed by atoms with E-state index in [1.54, 1.807) is 31.2 Å². The van der Waals surface area contributed by atoms with Crippen molar-refractivity contribution < 1.29 is 42.8 Å². The highest BCUT2D eigenvalue weighted by Crippen LogP contribution is 2.38. The number of aliphatic hydroxyl groups excluding tert-OH is 1. The Morgan fingerprint density at radius 3 is 2.38 bits per heavy atom. The molecule has 5 N–H and O–H groups in total. The van der Waals surface area contributed by atoms with Crippen LogP contribution in [-0.4, -0.2) is 93.3 Å². The van der Waals surface area contributed by atoms with Crippen LogP contribution in [0, 0.1) is 26.9 Å². The zero-order valence-corrected chi connectivity index (χ0v) is 37.8. The minimum Gasteiger partial charge on any atom is -0.508 e. The van der Waals surface area contributed by atoms with E-state index < -0.39 is 71.3 Å². The Morgan fingerprint density at radius 1 is 0.969 bits per heavy atom. The van der Waals surface area contributed by atoms with E-state index in [1.165, 1.54) is 35.9 Å². The van der Waals surface area contributed by atoms with Gasteiger partial charge in [0.1, 0.15) is 47.6 Å². The van der Waals surface area contributed by atoms with Gasteiger partial charge in [-0.1, -0.05) is 19.9 Å². The molecule has 1 aliphatic heterocycles. The van der Waals surface area contributed by atoms with E-state index in [9.17, 15) is 38.9 Å². The Bertz CT molecular complexity index is 2930. The molecular weight excluding hydrogens is 966 g/mol. The van der Waals surface area contributed by atoms with Gasteiger partial charge in [-0.3, -0.25) is 37.8 Å². The fourth-order valence-corrected chi connectivity index (χ4v) is 8.11. The molecule has 0 spiro atoms. The van der Waals surface area contributed by atoms with Gasteiger partial charge in [0.25, 0.3) is 17.0 Å². The van der Waals surface area contributed by atoms with Crippen molar-refractivity contribution in [2.45, 2.75) is 58.7 Å². The number of halogens is 4. The van der Waals surface area contributed by atoms with E-state index in [-0.39, 0.29) is 70.1 Å². The number of carbonyl (C=O) groups excluding carboxylic acids is 2. The molecule has 6 aromatic rings. The molecule has 7 rings (SSSR count). The Hall–Kier alpha value is -6.33. The summed E-state index contributed by atoms with van der Waals surface area (Å²) in [5.41, 5.74) is -1.62. The molecule has 4 heterocycles. The number of hydrogen-bond donors (Lipinski definition) is 5. The first-order valence-corrected chi connectivity index (χ1v) is 21.7. The standard InChI is InChI=1S/C44H45F3IN9O8/c1-5-49-41(61)40-53-52-38(29-16-28(22(2)3)33(59)17-34(29)60)57(40)26-8-6-24(30(45)15-26)18-55-12-10-23(11-13-55)44(64)65-20-27(58)19-56-21-50-39-35(42(56)62)37(36(47)43(63)54(39)4)51-32-9-7-25(48)14-31(32)46/h6-9,14-17,21-23,27,51,58-60H,5,10-13,18-20H2,1-4H3,(H,49,61). The largest absolute Gasteiger partial charge is 0.508 e. The Labute approximate surface area is 382 Å². The zero-order valence-electron chi connectivity index (χ0n) is 35.6. The maximum absolute atomic E-state index is 15.9. The van der Waals surface area contributed by atoms with E-state index in [4.69, 9.17) is 4.74 Å². The number of phenolic OH excluding ortho intramolecular Hbond substituents is 2. The topological polar surface area (TPSA) is 219 Å². The van der Waals surface area contributed by atoms with Gasteiger partial charge in [-0.2, -0.15) is 4.39 Å². The van der Waals surface area contributed by atoms with Crippen LogP contribution in [0.25, 0.3) is 28.1 Å². The molecule has 342 valence electrons. The number of aromatic nitrogens is 6. The third-order valence-corrected chi connectivity index (χ3v) is 11.8. The van der Waals surface area contributed by atoms with Crippen LogP contribution in [0.4, 0.5) is 24.5 Å². The average molecular weight is 1010 g/mol. The normalized spacial score (nSPS) is 13.9. The number of phenols is 2. The highest BCUT2D eigenvalue weighted by Gasteiger charge is 2.29. The van der Waals surface area contributed by atoms with Crippen molar-refractivity contribution in [2.24, 2.45) is 13.0 Å².